The van der Waals surface area contributed by atoms with Crippen molar-refractivity contribution in [3.8, 4) is 5.88 Å². The minimum Gasteiger partial charge on any atom is -0.477 e. The predicted molar refractivity (Wildman–Crippen MR) is 110 cm³/mol. The van der Waals surface area contributed by atoms with E-state index in [1.54, 1.807) is 0 Å². The number of pyridine rings is 2. The SMILES string of the molecule is C[C@H]1C[C@@H]1COc1ccc2ncc(F)c(CCC34CCC(N)(CC3)CO4)c2n1.O=C=O. The molecular weight excluding hydrogens is 401 g/mol. The number of halogens is 1. The molecule has 4 aliphatic rings. The molecule has 8 heteroatoms. The summed E-state index contributed by atoms with van der Waals surface area (Å²) in [5, 5.41) is 0. The molecule has 2 aromatic heterocycles. The molecule has 166 valence electrons. The fraction of sp³-hybridized carbons (Fsp3) is 0.609. The van der Waals surface area contributed by atoms with Crippen molar-refractivity contribution >= 4 is 17.2 Å². The molecule has 0 aromatic carbocycles. The van der Waals surface area contributed by atoms with Crippen LogP contribution in [0.1, 0.15) is 51.0 Å². The number of rotatable bonds is 6. The van der Waals surface area contributed by atoms with Crippen molar-refractivity contribution in [3.63, 3.8) is 0 Å². The summed E-state index contributed by atoms with van der Waals surface area (Å²) in [5.41, 5.74) is 7.93. The average molecular weight is 429 g/mol. The maximum atomic E-state index is 14.7. The minimum absolute atomic E-state index is 0.150. The first kappa shape index (κ1) is 21.8. The standard InChI is InChI=1S/C22H28FN3O2.CO2/c1-14-10-15(14)12-27-19-3-2-18-20(26-19)16(17(23)11-25-18)4-5-22-8-6-21(24,7-9-22)13-28-22;2-1-3/h2-3,11,14-15H,4-10,12-13,24H2,1H3;/t14-,15+,21?,22?;/m0./s1. The zero-order valence-electron chi connectivity index (χ0n) is 17.7. The van der Waals surface area contributed by atoms with Gasteiger partial charge in [0.05, 0.1) is 36.0 Å². The van der Waals surface area contributed by atoms with Gasteiger partial charge in [0.2, 0.25) is 5.88 Å². The van der Waals surface area contributed by atoms with Crippen molar-refractivity contribution in [1.29, 1.82) is 0 Å². The van der Waals surface area contributed by atoms with Gasteiger partial charge < -0.3 is 15.2 Å². The zero-order valence-corrected chi connectivity index (χ0v) is 17.7. The molecule has 2 saturated carbocycles. The van der Waals surface area contributed by atoms with Crippen LogP contribution in [0.4, 0.5) is 4.39 Å². The Morgan fingerprint density at radius 1 is 1.29 bits per heavy atom. The summed E-state index contributed by atoms with van der Waals surface area (Å²) >= 11 is 0. The predicted octanol–water partition coefficient (Wildman–Crippen LogP) is 3.19. The maximum Gasteiger partial charge on any atom is 0.373 e. The van der Waals surface area contributed by atoms with Gasteiger partial charge in [0.25, 0.3) is 0 Å². The van der Waals surface area contributed by atoms with Crippen LogP contribution in [0.15, 0.2) is 18.3 Å². The van der Waals surface area contributed by atoms with Crippen LogP contribution in [-0.4, -0.2) is 40.5 Å². The van der Waals surface area contributed by atoms with E-state index in [2.05, 4.69) is 16.9 Å². The lowest BCUT2D eigenvalue weighted by molar-refractivity contribution is -0.191. The Balaban J connectivity index is 0.000000730. The van der Waals surface area contributed by atoms with Crippen molar-refractivity contribution in [2.45, 2.75) is 63.0 Å². The van der Waals surface area contributed by atoms with E-state index in [-0.39, 0.29) is 23.1 Å². The summed E-state index contributed by atoms with van der Waals surface area (Å²) in [6.07, 6.45) is 8.01. The Labute approximate surface area is 180 Å². The van der Waals surface area contributed by atoms with Crippen LogP contribution >= 0.6 is 0 Å². The summed E-state index contributed by atoms with van der Waals surface area (Å²) in [6, 6.07) is 3.70. The Kier molecular flexibility index (Phi) is 6.06. The Bertz CT molecular complexity index is 968. The van der Waals surface area contributed by atoms with Gasteiger partial charge in [-0.2, -0.15) is 9.59 Å². The fourth-order valence-corrected chi connectivity index (χ4v) is 4.68. The lowest BCUT2D eigenvalue weighted by Crippen LogP contribution is -2.59. The van der Waals surface area contributed by atoms with Gasteiger partial charge in [-0.05, 0) is 62.8 Å². The molecule has 7 nitrogen and oxygen atoms in total. The van der Waals surface area contributed by atoms with Crippen LogP contribution in [0.2, 0.25) is 0 Å². The lowest BCUT2D eigenvalue weighted by Gasteiger charge is -2.51. The first-order valence-corrected chi connectivity index (χ1v) is 10.9. The van der Waals surface area contributed by atoms with Crippen LogP contribution in [0, 0.1) is 17.7 Å². The molecule has 2 aliphatic heterocycles. The molecule has 2 N–H and O–H groups in total. The van der Waals surface area contributed by atoms with Gasteiger partial charge in [0.15, 0.2) is 0 Å². The monoisotopic (exact) mass is 429 g/mol. The van der Waals surface area contributed by atoms with Gasteiger partial charge in [-0.1, -0.05) is 6.92 Å². The number of aromatic nitrogens is 2. The molecule has 2 aliphatic carbocycles. The smallest absolute Gasteiger partial charge is 0.373 e. The molecule has 4 heterocycles. The molecular formula is C23H28FN3O4. The quantitative estimate of drug-likeness (QED) is 0.752. The van der Waals surface area contributed by atoms with Crippen LogP contribution in [-0.2, 0) is 20.7 Å². The maximum absolute atomic E-state index is 14.7. The van der Waals surface area contributed by atoms with Gasteiger partial charge in [-0.25, -0.2) is 9.37 Å². The van der Waals surface area contributed by atoms with E-state index < -0.39 is 0 Å². The Hall–Kier alpha value is -2.41. The lowest BCUT2D eigenvalue weighted by atomic mass is 9.70. The highest BCUT2D eigenvalue weighted by molar-refractivity contribution is 5.78. The summed E-state index contributed by atoms with van der Waals surface area (Å²) in [6.45, 7) is 3.52. The zero-order chi connectivity index (χ0) is 22.1. The minimum atomic E-state index is -0.302. The van der Waals surface area contributed by atoms with E-state index in [4.69, 9.17) is 24.8 Å². The normalized spacial score (nSPS) is 30.9. The van der Waals surface area contributed by atoms with Gasteiger partial charge in [-0.3, -0.25) is 4.98 Å². The molecule has 4 fully saturated rings. The van der Waals surface area contributed by atoms with Crippen molar-refractivity contribution in [3.05, 3.63) is 29.7 Å². The van der Waals surface area contributed by atoms with Gasteiger partial charge in [0.1, 0.15) is 5.82 Å². The molecule has 31 heavy (non-hydrogen) atoms. The van der Waals surface area contributed by atoms with E-state index >= 15 is 0 Å². The van der Waals surface area contributed by atoms with Crippen LogP contribution in [0.3, 0.4) is 0 Å². The summed E-state index contributed by atoms with van der Waals surface area (Å²) in [4.78, 5) is 25.1. The molecule has 0 spiro atoms. The van der Waals surface area contributed by atoms with E-state index in [1.807, 2.05) is 12.1 Å². The molecule has 6 rings (SSSR count). The Morgan fingerprint density at radius 3 is 2.61 bits per heavy atom. The van der Waals surface area contributed by atoms with Gasteiger partial charge >= 0.3 is 6.15 Å². The third-order valence-corrected chi connectivity index (χ3v) is 7.11. The average Bonchev–Trinajstić information content (AvgIpc) is 3.48. The second-order valence-electron chi connectivity index (χ2n) is 9.30. The topological polar surface area (TPSA) is 104 Å². The highest BCUT2D eigenvalue weighted by Crippen LogP contribution is 2.45. The number of carbonyl (C=O) groups excluding carboxylic acids is 2. The number of nitrogens with two attached hydrogens (primary N) is 1. The number of nitrogens with zero attached hydrogens (tertiary/aromatic N) is 2. The van der Waals surface area contributed by atoms with E-state index in [0.717, 1.165) is 38.0 Å². The largest absolute Gasteiger partial charge is 0.477 e. The molecule has 0 unspecified atom stereocenters. The van der Waals surface area contributed by atoms with Crippen LogP contribution in [0.25, 0.3) is 11.0 Å². The fourth-order valence-electron chi connectivity index (χ4n) is 4.68. The third-order valence-electron chi connectivity index (χ3n) is 7.11. The second kappa shape index (κ2) is 8.61. The summed E-state index contributed by atoms with van der Waals surface area (Å²) in [7, 11) is 0. The number of aryl methyl sites for hydroxylation is 1. The number of fused-ring (bicyclic) bond motifs is 4. The highest BCUT2D eigenvalue weighted by atomic mass is 19.1. The number of hydrogen-bond donors (Lipinski definition) is 1. The number of ether oxygens (including phenoxy) is 2. The van der Waals surface area contributed by atoms with E-state index in [0.29, 0.717) is 48.0 Å². The van der Waals surface area contributed by atoms with Crippen molar-refractivity contribution < 1.29 is 23.5 Å². The molecule has 2 aromatic rings. The molecule has 0 radical (unpaired) electrons. The Morgan fingerprint density at radius 2 is 2.00 bits per heavy atom. The first-order chi connectivity index (χ1) is 14.9. The van der Waals surface area contributed by atoms with Crippen LogP contribution in [0.5, 0.6) is 5.88 Å². The van der Waals surface area contributed by atoms with Crippen molar-refractivity contribution in [2.24, 2.45) is 17.6 Å². The van der Waals surface area contributed by atoms with Crippen molar-refractivity contribution in [2.75, 3.05) is 13.2 Å². The highest BCUT2D eigenvalue weighted by Gasteiger charge is 2.47. The number of hydrogen-bond acceptors (Lipinski definition) is 7. The molecule has 2 atom stereocenters. The first-order valence-electron chi connectivity index (χ1n) is 10.9. The third kappa shape index (κ3) is 4.76. The van der Waals surface area contributed by atoms with Crippen molar-refractivity contribution in [1.82, 2.24) is 9.97 Å². The molecule has 0 amide bonds. The summed E-state index contributed by atoms with van der Waals surface area (Å²) in [5.74, 6) is 1.60. The van der Waals surface area contributed by atoms with Gasteiger partial charge in [-0.15, -0.1) is 0 Å². The van der Waals surface area contributed by atoms with E-state index in [9.17, 15) is 4.39 Å². The molecule has 2 bridgehead atoms. The molecule has 2 saturated heterocycles. The van der Waals surface area contributed by atoms with Crippen LogP contribution < -0.4 is 10.5 Å². The van der Waals surface area contributed by atoms with Gasteiger partial charge in [0, 0.05) is 17.2 Å². The second-order valence-corrected chi connectivity index (χ2v) is 9.30. The van der Waals surface area contributed by atoms with E-state index in [1.165, 1.54) is 12.6 Å². The summed E-state index contributed by atoms with van der Waals surface area (Å²) < 4.78 is 26.7.